The van der Waals surface area contributed by atoms with Gasteiger partial charge in [0.2, 0.25) is 5.91 Å². The molecule has 2 atom stereocenters. The van der Waals surface area contributed by atoms with Crippen molar-refractivity contribution < 1.29 is 9.53 Å². The van der Waals surface area contributed by atoms with Crippen LogP contribution in [0.5, 0.6) is 0 Å². The molecule has 14 heavy (non-hydrogen) atoms. The molecule has 0 aromatic heterocycles. The Bertz CT molecular complexity index is 214. The molecule has 2 aliphatic rings. The first-order valence-electron chi connectivity index (χ1n) is 5.41. The van der Waals surface area contributed by atoms with Crippen molar-refractivity contribution in [3.8, 4) is 0 Å². The van der Waals surface area contributed by atoms with Crippen LogP contribution in [-0.2, 0) is 9.53 Å². The first-order valence-corrected chi connectivity index (χ1v) is 5.41. The topological polar surface area (TPSA) is 41.6 Å². The van der Waals surface area contributed by atoms with Crippen LogP contribution in [0.15, 0.2) is 0 Å². The number of hydrogen-bond acceptors (Lipinski definition) is 3. The van der Waals surface area contributed by atoms with E-state index in [0.29, 0.717) is 6.54 Å². The van der Waals surface area contributed by atoms with E-state index < -0.39 is 0 Å². The van der Waals surface area contributed by atoms with Gasteiger partial charge in [-0.2, -0.15) is 0 Å². The van der Waals surface area contributed by atoms with Gasteiger partial charge in [0.15, 0.2) is 0 Å². The third kappa shape index (κ3) is 1.91. The summed E-state index contributed by atoms with van der Waals surface area (Å²) in [5.41, 5.74) is 0. The fraction of sp³-hybridized carbons (Fsp3) is 0.900. The highest BCUT2D eigenvalue weighted by Gasteiger charge is 2.31. The van der Waals surface area contributed by atoms with E-state index in [-0.39, 0.29) is 18.1 Å². The van der Waals surface area contributed by atoms with Crippen LogP contribution in [0, 0.1) is 0 Å². The van der Waals surface area contributed by atoms with E-state index in [1.165, 1.54) is 0 Å². The summed E-state index contributed by atoms with van der Waals surface area (Å²) in [7, 11) is 0. The van der Waals surface area contributed by atoms with E-state index in [9.17, 15) is 4.79 Å². The van der Waals surface area contributed by atoms with Gasteiger partial charge >= 0.3 is 0 Å². The minimum atomic E-state index is 0.208. The average molecular weight is 198 g/mol. The molecule has 4 nitrogen and oxygen atoms in total. The van der Waals surface area contributed by atoms with Crippen LogP contribution < -0.4 is 5.32 Å². The van der Waals surface area contributed by atoms with Crippen LogP contribution in [0.1, 0.15) is 19.8 Å². The molecular weight excluding hydrogens is 180 g/mol. The summed E-state index contributed by atoms with van der Waals surface area (Å²) in [6.07, 6.45) is 2.49. The van der Waals surface area contributed by atoms with Crippen molar-refractivity contribution in [2.75, 3.05) is 26.2 Å². The molecule has 0 bridgehead atoms. The van der Waals surface area contributed by atoms with Gasteiger partial charge in [0.05, 0.1) is 18.7 Å². The second-order valence-corrected chi connectivity index (χ2v) is 4.06. The van der Waals surface area contributed by atoms with Crippen molar-refractivity contribution in [2.24, 2.45) is 0 Å². The number of amides is 1. The molecule has 2 saturated heterocycles. The summed E-state index contributed by atoms with van der Waals surface area (Å²) >= 11 is 0. The molecule has 2 aliphatic heterocycles. The van der Waals surface area contributed by atoms with Crippen molar-refractivity contribution in [3.05, 3.63) is 0 Å². The third-order valence-corrected chi connectivity index (χ3v) is 3.12. The maximum absolute atomic E-state index is 11.6. The van der Waals surface area contributed by atoms with E-state index >= 15 is 0 Å². The molecule has 4 heteroatoms. The predicted molar refractivity (Wildman–Crippen MR) is 53.0 cm³/mol. The Morgan fingerprint density at radius 1 is 1.64 bits per heavy atom. The van der Waals surface area contributed by atoms with Crippen LogP contribution >= 0.6 is 0 Å². The Balaban J connectivity index is 1.94. The van der Waals surface area contributed by atoms with Crippen LogP contribution in [-0.4, -0.2) is 49.2 Å². The van der Waals surface area contributed by atoms with Gasteiger partial charge in [0.25, 0.3) is 0 Å². The van der Waals surface area contributed by atoms with E-state index in [2.05, 4.69) is 12.2 Å². The number of nitrogens with one attached hydrogen (secondary N) is 1. The maximum Gasteiger partial charge on any atom is 0.236 e. The van der Waals surface area contributed by atoms with Crippen LogP contribution in [0.3, 0.4) is 0 Å². The van der Waals surface area contributed by atoms with Gasteiger partial charge in [-0.3, -0.25) is 4.79 Å². The van der Waals surface area contributed by atoms with E-state index in [1.54, 1.807) is 0 Å². The molecule has 0 saturated carbocycles. The smallest absolute Gasteiger partial charge is 0.236 e. The number of carbonyl (C=O) groups is 1. The highest BCUT2D eigenvalue weighted by Crippen LogP contribution is 2.19. The summed E-state index contributed by atoms with van der Waals surface area (Å²) in [6, 6.07) is 0.243. The molecular formula is C10H18N2O2. The Kier molecular flexibility index (Phi) is 3.03. The maximum atomic E-state index is 11.6. The van der Waals surface area contributed by atoms with Gasteiger partial charge in [0.1, 0.15) is 0 Å². The third-order valence-electron chi connectivity index (χ3n) is 3.12. The Morgan fingerprint density at radius 3 is 3.14 bits per heavy atom. The number of rotatable bonds is 2. The van der Waals surface area contributed by atoms with Gasteiger partial charge in [-0.05, 0) is 19.8 Å². The van der Waals surface area contributed by atoms with Crippen molar-refractivity contribution in [1.29, 1.82) is 0 Å². The lowest BCUT2D eigenvalue weighted by atomic mass is 10.1. The minimum absolute atomic E-state index is 0.208. The first kappa shape index (κ1) is 9.93. The molecule has 1 N–H and O–H groups in total. The fourth-order valence-corrected chi connectivity index (χ4v) is 2.24. The highest BCUT2D eigenvalue weighted by molar-refractivity contribution is 5.79. The SMILES string of the molecule is CC(C1CCCO1)N1CCNCC1=O. The normalized spacial score (nSPS) is 30.8. The highest BCUT2D eigenvalue weighted by atomic mass is 16.5. The summed E-state index contributed by atoms with van der Waals surface area (Å²) in [4.78, 5) is 13.6. The summed E-state index contributed by atoms with van der Waals surface area (Å²) < 4.78 is 5.60. The van der Waals surface area contributed by atoms with Gasteiger partial charge in [0, 0.05) is 19.7 Å². The van der Waals surface area contributed by atoms with Crippen LogP contribution in [0.2, 0.25) is 0 Å². The molecule has 1 amide bonds. The molecule has 2 fully saturated rings. The second kappa shape index (κ2) is 4.28. The van der Waals surface area contributed by atoms with Crippen molar-refractivity contribution in [1.82, 2.24) is 10.2 Å². The Hall–Kier alpha value is -0.610. The van der Waals surface area contributed by atoms with Gasteiger partial charge in [-0.25, -0.2) is 0 Å². The monoisotopic (exact) mass is 198 g/mol. The predicted octanol–water partition coefficient (Wildman–Crippen LogP) is -0.0143. The largest absolute Gasteiger partial charge is 0.376 e. The number of nitrogens with zero attached hydrogens (tertiary/aromatic N) is 1. The average Bonchev–Trinajstić information content (AvgIpc) is 2.70. The fourth-order valence-electron chi connectivity index (χ4n) is 2.24. The second-order valence-electron chi connectivity index (χ2n) is 4.06. The summed E-state index contributed by atoms with van der Waals surface area (Å²) in [6.45, 7) is 5.16. The van der Waals surface area contributed by atoms with E-state index in [1.807, 2.05) is 4.90 Å². The van der Waals surface area contributed by atoms with E-state index in [4.69, 9.17) is 4.74 Å². The van der Waals surface area contributed by atoms with Crippen LogP contribution in [0.4, 0.5) is 0 Å². The van der Waals surface area contributed by atoms with Gasteiger partial charge < -0.3 is 15.0 Å². The van der Waals surface area contributed by atoms with Gasteiger partial charge in [-0.1, -0.05) is 0 Å². The molecule has 2 rings (SSSR count). The lowest BCUT2D eigenvalue weighted by Gasteiger charge is -2.35. The molecule has 0 aromatic carbocycles. The molecule has 2 unspecified atom stereocenters. The number of carbonyl (C=O) groups excluding carboxylic acids is 1. The molecule has 2 heterocycles. The lowest BCUT2D eigenvalue weighted by molar-refractivity contribution is -0.136. The van der Waals surface area contributed by atoms with Crippen molar-refractivity contribution >= 4 is 5.91 Å². The molecule has 80 valence electrons. The molecule has 0 radical (unpaired) electrons. The summed E-state index contributed by atoms with van der Waals surface area (Å²) in [5.74, 6) is 0.208. The van der Waals surface area contributed by atoms with Gasteiger partial charge in [-0.15, -0.1) is 0 Å². The number of piperazine rings is 1. The number of ether oxygens (including phenoxy) is 1. The number of hydrogen-bond donors (Lipinski definition) is 1. The van der Waals surface area contributed by atoms with Crippen molar-refractivity contribution in [3.63, 3.8) is 0 Å². The molecule has 0 aromatic rings. The van der Waals surface area contributed by atoms with E-state index in [0.717, 1.165) is 32.5 Å². The minimum Gasteiger partial charge on any atom is -0.376 e. The first-order chi connectivity index (χ1) is 6.79. The molecule has 0 spiro atoms. The van der Waals surface area contributed by atoms with Crippen molar-refractivity contribution in [2.45, 2.75) is 31.9 Å². The van der Waals surface area contributed by atoms with Crippen LogP contribution in [0.25, 0.3) is 0 Å². The Labute approximate surface area is 84.6 Å². The zero-order chi connectivity index (χ0) is 9.97. The zero-order valence-corrected chi connectivity index (χ0v) is 8.66. The standard InChI is InChI=1S/C10H18N2O2/c1-8(9-3-2-6-14-9)12-5-4-11-7-10(12)13/h8-9,11H,2-7H2,1H3. The summed E-state index contributed by atoms with van der Waals surface area (Å²) in [5, 5.41) is 3.08. The zero-order valence-electron chi connectivity index (χ0n) is 8.66. The molecule has 0 aliphatic carbocycles. The lowest BCUT2D eigenvalue weighted by Crippen LogP contribution is -2.54. The quantitative estimate of drug-likeness (QED) is 0.678. The Morgan fingerprint density at radius 2 is 2.50 bits per heavy atom.